The predicted molar refractivity (Wildman–Crippen MR) is 115 cm³/mol. The number of carbonyl (C=O) groups is 2. The van der Waals surface area contributed by atoms with Crippen molar-refractivity contribution < 1.29 is 14.3 Å². The maximum Gasteiger partial charge on any atom is 0.271 e. The fraction of sp³-hybridized carbons (Fsp3) is 0.304. The number of pyridine rings is 1. The summed E-state index contributed by atoms with van der Waals surface area (Å²) in [6.45, 7) is 1.40. The number of ether oxygens (including phenoxy) is 1. The van der Waals surface area contributed by atoms with Gasteiger partial charge >= 0.3 is 0 Å². The van der Waals surface area contributed by atoms with E-state index in [1.54, 1.807) is 30.5 Å². The average molecular weight is 419 g/mol. The van der Waals surface area contributed by atoms with E-state index in [0.717, 1.165) is 29.7 Å². The summed E-state index contributed by atoms with van der Waals surface area (Å²) in [5, 5.41) is 10.0. The van der Waals surface area contributed by atoms with Gasteiger partial charge in [-0.15, -0.1) is 0 Å². The molecule has 31 heavy (non-hydrogen) atoms. The molecule has 0 spiro atoms. The van der Waals surface area contributed by atoms with Gasteiger partial charge in [0, 0.05) is 43.2 Å². The Balaban J connectivity index is 1.37. The van der Waals surface area contributed by atoms with Crippen LogP contribution in [-0.4, -0.2) is 52.1 Å². The molecule has 0 unspecified atom stereocenters. The van der Waals surface area contributed by atoms with E-state index in [9.17, 15) is 9.59 Å². The van der Waals surface area contributed by atoms with Crippen molar-refractivity contribution in [1.82, 2.24) is 25.4 Å². The molecular formula is C23H25N5O3. The van der Waals surface area contributed by atoms with E-state index in [1.807, 2.05) is 36.4 Å². The third-order valence-electron chi connectivity index (χ3n) is 5.49. The molecule has 0 bridgehead atoms. The zero-order valence-electron chi connectivity index (χ0n) is 17.4. The number of hydrogen-bond donors (Lipinski definition) is 2. The molecule has 0 saturated carbocycles. The quantitative estimate of drug-likeness (QED) is 0.640. The van der Waals surface area contributed by atoms with Crippen molar-refractivity contribution >= 4 is 11.8 Å². The fourth-order valence-electron chi connectivity index (χ4n) is 3.82. The number of aromatic amines is 1. The number of benzene rings is 1. The number of carbonyl (C=O) groups excluding carboxylic acids is 2. The minimum Gasteiger partial charge on any atom is -0.496 e. The summed E-state index contributed by atoms with van der Waals surface area (Å²) in [6, 6.07) is 13.0. The number of piperidine rings is 1. The normalized spacial score (nSPS) is 16.0. The molecule has 1 aliphatic rings. The molecule has 1 aliphatic heterocycles. The van der Waals surface area contributed by atoms with Gasteiger partial charge < -0.3 is 15.0 Å². The topological polar surface area (TPSA) is 100 Å². The van der Waals surface area contributed by atoms with Crippen LogP contribution in [0.25, 0.3) is 11.3 Å². The van der Waals surface area contributed by atoms with Crippen LogP contribution in [0.15, 0.2) is 54.9 Å². The van der Waals surface area contributed by atoms with Crippen molar-refractivity contribution in [3.63, 3.8) is 0 Å². The van der Waals surface area contributed by atoms with Crippen LogP contribution in [0.5, 0.6) is 5.75 Å². The molecule has 1 atom stereocenters. The monoisotopic (exact) mass is 419 g/mol. The Kier molecular flexibility index (Phi) is 6.26. The Morgan fingerprint density at radius 3 is 2.94 bits per heavy atom. The minimum absolute atomic E-state index is 0.0518. The summed E-state index contributed by atoms with van der Waals surface area (Å²) in [5.74, 6) is 0.300. The molecule has 2 N–H and O–H groups in total. The van der Waals surface area contributed by atoms with Gasteiger partial charge in [-0.1, -0.05) is 18.2 Å². The van der Waals surface area contributed by atoms with E-state index < -0.39 is 0 Å². The number of likely N-dealkylation sites (tertiary alicyclic amines) is 1. The highest BCUT2D eigenvalue weighted by molar-refractivity contribution is 5.94. The van der Waals surface area contributed by atoms with Crippen LogP contribution in [0.3, 0.4) is 0 Å². The third kappa shape index (κ3) is 4.74. The number of para-hydroxylation sites is 1. The van der Waals surface area contributed by atoms with E-state index in [0.29, 0.717) is 31.0 Å². The van der Waals surface area contributed by atoms with Gasteiger partial charge in [-0.05, 0) is 37.1 Å². The van der Waals surface area contributed by atoms with Crippen molar-refractivity contribution in [3.05, 3.63) is 66.1 Å². The van der Waals surface area contributed by atoms with Crippen LogP contribution in [0.1, 0.15) is 28.9 Å². The van der Waals surface area contributed by atoms with E-state index in [4.69, 9.17) is 4.74 Å². The summed E-state index contributed by atoms with van der Waals surface area (Å²) in [6.07, 6.45) is 4.93. The first-order valence-corrected chi connectivity index (χ1v) is 10.3. The fourth-order valence-corrected chi connectivity index (χ4v) is 3.82. The molecular weight excluding hydrogens is 394 g/mol. The van der Waals surface area contributed by atoms with Gasteiger partial charge in [-0.2, -0.15) is 5.10 Å². The number of amides is 2. The Labute approximate surface area is 180 Å². The molecule has 0 radical (unpaired) electrons. The molecule has 3 aromatic rings. The van der Waals surface area contributed by atoms with Gasteiger partial charge in [0.1, 0.15) is 11.4 Å². The average Bonchev–Trinajstić information content (AvgIpc) is 3.33. The van der Waals surface area contributed by atoms with Gasteiger partial charge in [0.2, 0.25) is 5.91 Å². The molecule has 2 aromatic heterocycles. The first kappa shape index (κ1) is 20.6. The molecule has 8 heteroatoms. The van der Waals surface area contributed by atoms with Crippen molar-refractivity contribution in [1.29, 1.82) is 0 Å². The largest absolute Gasteiger partial charge is 0.496 e. The number of rotatable bonds is 6. The van der Waals surface area contributed by atoms with Crippen molar-refractivity contribution in [3.8, 4) is 17.0 Å². The lowest BCUT2D eigenvalue weighted by Gasteiger charge is -2.31. The SMILES string of the molecule is COc1ccccc1CNC(=O)[C@@H]1CCCN(C(=O)c2cc(-c3cccnc3)n[nH]2)C1. The molecule has 2 amide bonds. The summed E-state index contributed by atoms with van der Waals surface area (Å²) < 4.78 is 5.34. The van der Waals surface area contributed by atoms with Crippen LogP contribution in [0.4, 0.5) is 0 Å². The Hall–Kier alpha value is -3.68. The lowest BCUT2D eigenvalue weighted by Crippen LogP contribution is -2.45. The van der Waals surface area contributed by atoms with E-state index in [-0.39, 0.29) is 17.7 Å². The molecule has 4 rings (SSSR count). The van der Waals surface area contributed by atoms with Gasteiger partial charge in [-0.25, -0.2) is 0 Å². The summed E-state index contributed by atoms with van der Waals surface area (Å²) in [4.78, 5) is 31.5. The zero-order valence-corrected chi connectivity index (χ0v) is 17.4. The first-order valence-electron chi connectivity index (χ1n) is 10.3. The van der Waals surface area contributed by atoms with Gasteiger partial charge in [-0.3, -0.25) is 19.7 Å². The second-order valence-electron chi connectivity index (χ2n) is 7.53. The minimum atomic E-state index is -0.242. The summed E-state index contributed by atoms with van der Waals surface area (Å²) in [5.41, 5.74) is 2.83. The Bertz CT molecular complexity index is 1050. The zero-order chi connectivity index (χ0) is 21.6. The standard InChI is InChI=1S/C23H25N5O3/c1-31-21-9-3-2-6-17(21)14-25-22(29)18-8-5-11-28(15-18)23(30)20-12-19(26-27-20)16-7-4-10-24-13-16/h2-4,6-7,9-10,12-13,18H,5,8,11,14-15H2,1H3,(H,25,29)(H,26,27)/t18-/m1/s1. The maximum atomic E-state index is 13.0. The van der Waals surface area contributed by atoms with Gasteiger partial charge in [0.25, 0.3) is 5.91 Å². The van der Waals surface area contributed by atoms with E-state index in [2.05, 4.69) is 20.5 Å². The highest BCUT2D eigenvalue weighted by atomic mass is 16.5. The maximum absolute atomic E-state index is 13.0. The first-order chi connectivity index (χ1) is 15.2. The second kappa shape index (κ2) is 9.42. The van der Waals surface area contributed by atoms with Crippen LogP contribution in [-0.2, 0) is 11.3 Å². The van der Waals surface area contributed by atoms with Crippen molar-refractivity contribution in [2.45, 2.75) is 19.4 Å². The highest BCUT2D eigenvalue weighted by Crippen LogP contribution is 2.22. The van der Waals surface area contributed by atoms with Crippen molar-refractivity contribution in [2.75, 3.05) is 20.2 Å². The number of hydrogen-bond acceptors (Lipinski definition) is 5. The lowest BCUT2D eigenvalue weighted by molar-refractivity contribution is -0.126. The van der Waals surface area contributed by atoms with Crippen LogP contribution in [0.2, 0.25) is 0 Å². The molecule has 1 aromatic carbocycles. The number of nitrogens with zero attached hydrogens (tertiary/aromatic N) is 3. The van der Waals surface area contributed by atoms with E-state index in [1.165, 1.54) is 0 Å². The van der Waals surface area contributed by atoms with Gasteiger partial charge in [0.15, 0.2) is 0 Å². The number of nitrogens with one attached hydrogen (secondary N) is 2. The van der Waals surface area contributed by atoms with E-state index >= 15 is 0 Å². The smallest absolute Gasteiger partial charge is 0.271 e. The second-order valence-corrected chi connectivity index (χ2v) is 7.53. The van der Waals surface area contributed by atoms with Gasteiger partial charge in [0.05, 0.1) is 18.7 Å². The number of aromatic nitrogens is 3. The molecule has 8 nitrogen and oxygen atoms in total. The van der Waals surface area contributed by atoms with Crippen LogP contribution >= 0.6 is 0 Å². The molecule has 0 aliphatic carbocycles. The van der Waals surface area contributed by atoms with Crippen LogP contribution in [0, 0.1) is 5.92 Å². The summed E-state index contributed by atoms with van der Waals surface area (Å²) >= 11 is 0. The van der Waals surface area contributed by atoms with Crippen molar-refractivity contribution in [2.24, 2.45) is 5.92 Å². The number of H-pyrrole nitrogens is 1. The van der Waals surface area contributed by atoms with Crippen LogP contribution < -0.4 is 10.1 Å². The molecule has 160 valence electrons. The molecule has 3 heterocycles. The lowest BCUT2D eigenvalue weighted by atomic mass is 9.96. The highest BCUT2D eigenvalue weighted by Gasteiger charge is 2.29. The Morgan fingerprint density at radius 2 is 2.13 bits per heavy atom. The predicted octanol–water partition coefficient (Wildman–Crippen LogP) is 2.65. The molecule has 1 fully saturated rings. The Morgan fingerprint density at radius 1 is 1.26 bits per heavy atom. The third-order valence-corrected chi connectivity index (χ3v) is 5.49. The summed E-state index contributed by atoms with van der Waals surface area (Å²) in [7, 11) is 1.61. The molecule has 1 saturated heterocycles. The number of methoxy groups -OCH3 is 1.